The molecule has 1 aromatic heterocycles. The van der Waals surface area contributed by atoms with E-state index in [1.807, 2.05) is 54.6 Å². The predicted octanol–water partition coefficient (Wildman–Crippen LogP) is 5.42. The molecule has 4 aromatic rings. The Kier molecular flexibility index (Phi) is 5.57. The van der Waals surface area contributed by atoms with Crippen LogP contribution in [0.4, 0.5) is 10.8 Å². The van der Waals surface area contributed by atoms with Gasteiger partial charge in [0.2, 0.25) is 5.13 Å². The van der Waals surface area contributed by atoms with Gasteiger partial charge in [0.05, 0.1) is 17.0 Å². The van der Waals surface area contributed by atoms with Gasteiger partial charge in [-0.15, -0.1) is 10.2 Å². The van der Waals surface area contributed by atoms with Crippen LogP contribution in [-0.4, -0.2) is 32.8 Å². The van der Waals surface area contributed by atoms with E-state index in [4.69, 9.17) is 4.74 Å². The van der Waals surface area contributed by atoms with Crippen LogP contribution in [-0.2, 0) is 0 Å². The Labute approximate surface area is 192 Å². The number of nitrogens with zero attached hydrogens (tertiary/aromatic N) is 3. The maximum Gasteiger partial charge on any atom is 0.262 e. The van der Waals surface area contributed by atoms with Gasteiger partial charge < -0.3 is 10.1 Å². The minimum atomic E-state index is -0.279. The standard InChI is InChI=1S/C23H16N4O3S2/c28-20-18-8-4-5-9-19(18)21(29)27(20)14-31-23-26-25-22(32-23)24-15-10-12-17(13-11-15)30-16-6-2-1-3-7-16/h1-13H,14H2,(H,24,25). The third-order valence-corrected chi connectivity index (χ3v) is 6.64. The molecule has 1 aliphatic rings. The summed E-state index contributed by atoms with van der Waals surface area (Å²) in [5.74, 6) is 1.14. The maximum absolute atomic E-state index is 12.5. The smallest absolute Gasteiger partial charge is 0.262 e. The average Bonchev–Trinajstić information content (AvgIpc) is 3.37. The molecule has 158 valence electrons. The molecule has 7 nitrogen and oxygen atoms in total. The molecule has 9 heteroatoms. The lowest BCUT2D eigenvalue weighted by molar-refractivity contribution is 0.0684. The average molecular weight is 461 g/mol. The molecule has 2 heterocycles. The van der Waals surface area contributed by atoms with Crippen molar-refractivity contribution in [3.05, 3.63) is 90.0 Å². The largest absolute Gasteiger partial charge is 0.457 e. The van der Waals surface area contributed by atoms with Gasteiger partial charge in [-0.3, -0.25) is 14.5 Å². The van der Waals surface area contributed by atoms with E-state index in [0.29, 0.717) is 20.6 Å². The molecule has 3 aromatic carbocycles. The van der Waals surface area contributed by atoms with Gasteiger partial charge in [0, 0.05) is 5.69 Å². The summed E-state index contributed by atoms with van der Waals surface area (Å²) in [6.07, 6.45) is 0. The number of imide groups is 1. The highest BCUT2D eigenvalue weighted by molar-refractivity contribution is 8.01. The first kappa shape index (κ1) is 20.2. The second kappa shape index (κ2) is 8.81. The van der Waals surface area contributed by atoms with Crippen LogP contribution >= 0.6 is 23.1 Å². The van der Waals surface area contributed by atoms with Crippen molar-refractivity contribution in [2.24, 2.45) is 0 Å². The molecule has 0 unspecified atom stereocenters. The molecule has 0 bridgehead atoms. The van der Waals surface area contributed by atoms with E-state index < -0.39 is 0 Å². The van der Waals surface area contributed by atoms with Crippen molar-refractivity contribution >= 4 is 45.7 Å². The number of hydrogen-bond acceptors (Lipinski definition) is 8. The van der Waals surface area contributed by atoms with Gasteiger partial charge in [0.15, 0.2) is 4.34 Å². The van der Waals surface area contributed by atoms with Crippen molar-refractivity contribution in [2.75, 3.05) is 11.2 Å². The van der Waals surface area contributed by atoms with E-state index in [9.17, 15) is 9.59 Å². The van der Waals surface area contributed by atoms with E-state index in [0.717, 1.165) is 17.2 Å². The number of anilines is 2. The summed E-state index contributed by atoms with van der Waals surface area (Å²) in [6, 6.07) is 24.0. The number of hydrogen-bond donors (Lipinski definition) is 1. The van der Waals surface area contributed by atoms with Gasteiger partial charge in [0.1, 0.15) is 11.5 Å². The predicted molar refractivity (Wildman–Crippen MR) is 124 cm³/mol. The number of ether oxygens (including phenoxy) is 1. The first-order chi connectivity index (χ1) is 15.7. The first-order valence-corrected chi connectivity index (χ1v) is 11.5. The molecular formula is C23H16N4O3S2. The molecule has 32 heavy (non-hydrogen) atoms. The summed E-state index contributed by atoms with van der Waals surface area (Å²) in [7, 11) is 0. The molecule has 0 aliphatic carbocycles. The van der Waals surface area contributed by atoms with Gasteiger partial charge in [-0.05, 0) is 48.5 Å². The minimum absolute atomic E-state index is 0.187. The second-order valence-electron chi connectivity index (χ2n) is 6.79. The van der Waals surface area contributed by atoms with Gasteiger partial charge in [-0.25, -0.2) is 0 Å². The third-order valence-electron chi connectivity index (χ3n) is 4.69. The number of fused-ring (bicyclic) bond motifs is 1. The van der Waals surface area contributed by atoms with Crippen molar-refractivity contribution in [3.8, 4) is 11.5 Å². The third kappa shape index (κ3) is 4.20. The van der Waals surface area contributed by atoms with Crippen molar-refractivity contribution in [3.63, 3.8) is 0 Å². The molecule has 0 spiro atoms. The zero-order chi connectivity index (χ0) is 21.9. The fourth-order valence-corrected chi connectivity index (χ4v) is 4.85. The Bertz CT molecular complexity index is 1240. The zero-order valence-electron chi connectivity index (χ0n) is 16.6. The molecule has 2 amide bonds. The lowest BCUT2D eigenvalue weighted by Crippen LogP contribution is -2.29. The molecule has 0 fully saturated rings. The number of para-hydroxylation sites is 1. The molecule has 0 saturated heterocycles. The Balaban J connectivity index is 1.18. The normalized spacial score (nSPS) is 12.7. The highest BCUT2D eigenvalue weighted by Crippen LogP contribution is 2.31. The fraction of sp³-hybridized carbons (Fsp3) is 0.0435. The van der Waals surface area contributed by atoms with E-state index in [2.05, 4.69) is 15.5 Å². The number of aromatic nitrogens is 2. The Morgan fingerprint density at radius 3 is 2.12 bits per heavy atom. The number of rotatable bonds is 7. The Hall–Kier alpha value is -3.69. The first-order valence-electron chi connectivity index (χ1n) is 9.69. The molecule has 0 saturated carbocycles. The summed E-state index contributed by atoms with van der Waals surface area (Å²) in [6.45, 7) is 0. The summed E-state index contributed by atoms with van der Waals surface area (Å²) < 4.78 is 6.45. The van der Waals surface area contributed by atoms with Gasteiger partial charge in [0.25, 0.3) is 11.8 Å². The quantitative estimate of drug-likeness (QED) is 0.291. The summed E-state index contributed by atoms with van der Waals surface area (Å²) >= 11 is 2.65. The molecule has 0 radical (unpaired) electrons. The molecular weight excluding hydrogens is 444 g/mol. The van der Waals surface area contributed by atoms with Gasteiger partial charge in [-0.2, -0.15) is 0 Å². The van der Waals surface area contributed by atoms with Crippen LogP contribution in [0.1, 0.15) is 20.7 Å². The van der Waals surface area contributed by atoms with Gasteiger partial charge in [-0.1, -0.05) is 53.4 Å². The van der Waals surface area contributed by atoms with Crippen molar-refractivity contribution in [2.45, 2.75) is 4.34 Å². The van der Waals surface area contributed by atoms with E-state index >= 15 is 0 Å². The number of carbonyl (C=O) groups excluding carboxylic acids is 2. The van der Waals surface area contributed by atoms with Crippen LogP contribution < -0.4 is 10.1 Å². The second-order valence-corrected chi connectivity index (χ2v) is 8.96. The number of carbonyl (C=O) groups is 2. The number of benzene rings is 3. The molecule has 1 aliphatic heterocycles. The number of nitrogens with one attached hydrogen (secondary N) is 1. The van der Waals surface area contributed by atoms with Crippen LogP contribution in [0.2, 0.25) is 0 Å². The maximum atomic E-state index is 12.5. The van der Waals surface area contributed by atoms with Crippen molar-refractivity contribution in [1.82, 2.24) is 15.1 Å². The Morgan fingerprint density at radius 2 is 1.44 bits per heavy atom. The van der Waals surface area contributed by atoms with E-state index in [1.54, 1.807) is 24.3 Å². The van der Waals surface area contributed by atoms with Crippen molar-refractivity contribution < 1.29 is 14.3 Å². The SMILES string of the molecule is O=C1c2ccccc2C(=O)N1CSc1nnc(Nc2ccc(Oc3ccccc3)cc2)s1. The number of thioether (sulfide) groups is 1. The highest BCUT2D eigenvalue weighted by atomic mass is 32.2. The van der Waals surface area contributed by atoms with Crippen LogP contribution in [0.5, 0.6) is 11.5 Å². The minimum Gasteiger partial charge on any atom is -0.457 e. The summed E-state index contributed by atoms with van der Waals surface area (Å²) in [5.41, 5.74) is 1.73. The lowest BCUT2D eigenvalue weighted by atomic mass is 10.1. The lowest BCUT2D eigenvalue weighted by Gasteiger charge is -2.11. The van der Waals surface area contributed by atoms with Crippen LogP contribution in [0, 0.1) is 0 Å². The summed E-state index contributed by atoms with van der Waals surface area (Å²) in [5, 5.41) is 12.1. The van der Waals surface area contributed by atoms with Gasteiger partial charge >= 0.3 is 0 Å². The number of amides is 2. The van der Waals surface area contributed by atoms with Crippen molar-refractivity contribution in [1.29, 1.82) is 0 Å². The van der Waals surface area contributed by atoms with Crippen LogP contribution in [0.25, 0.3) is 0 Å². The topological polar surface area (TPSA) is 84.4 Å². The van der Waals surface area contributed by atoms with Crippen LogP contribution in [0.15, 0.2) is 83.2 Å². The molecule has 0 atom stereocenters. The Morgan fingerprint density at radius 1 is 0.812 bits per heavy atom. The monoisotopic (exact) mass is 460 g/mol. The zero-order valence-corrected chi connectivity index (χ0v) is 18.2. The molecule has 1 N–H and O–H groups in total. The molecule has 5 rings (SSSR count). The van der Waals surface area contributed by atoms with E-state index in [-0.39, 0.29) is 17.7 Å². The summed E-state index contributed by atoms with van der Waals surface area (Å²) in [4.78, 5) is 26.1. The fourth-order valence-electron chi connectivity index (χ4n) is 3.15. The highest BCUT2D eigenvalue weighted by Gasteiger charge is 2.35. The van der Waals surface area contributed by atoms with E-state index in [1.165, 1.54) is 28.0 Å². The van der Waals surface area contributed by atoms with Crippen LogP contribution in [0.3, 0.4) is 0 Å².